The Hall–Kier alpha value is -2.17. The normalized spacial score (nSPS) is 32.2. The lowest BCUT2D eigenvalue weighted by molar-refractivity contribution is -0.126. The van der Waals surface area contributed by atoms with Crippen LogP contribution in [0.4, 0.5) is 5.69 Å². The van der Waals surface area contributed by atoms with Gasteiger partial charge in [0.2, 0.25) is 11.8 Å². The molecule has 4 rings (SSSR count). The number of carbonyl (C=O) groups is 2. The second kappa shape index (κ2) is 5.72. The Morgan fingerprint density at radius 3 is 2.67 bits per heavy atom. The first-order valence-electron chi connectivity index (χ1n) is 8.87. The second-order valence-electron chi connectivity index (χ2n) is 7.45. The molecule has 2 N–H and O–H groups in total. The Morgan fingerprint density at radius 1 is 1.04 bits per heavy atom. The van der Waals surface area contributed by atoms with Crippen molar-refractivity contribution in [2.75, 3.05) is 5.32 Å². The van der Waals surface area contributed by atoms with Gasteiger partial charge in [-0.1, -0.05) is 26.3 Å². The number of anilines is 1. The van der Waals surface area contributed by atoms with Crippen molar-refractivity contribution in [3.05, 3.63) is 29.3 Å². The zero-order valence-corrected chi connectivity index (χ0v) is 14.1. The summed E-state index contributed by atoms with van der Waals surface area (Å²) in [7, 11) is 0. The van der Waals surface area contributed by atoms with E-state index >= 15 is 0 Å². The SMILES string of the molecule is CC1CC(C)c2cc(C3=NNC(=O)C4CCCC34)ccc2NC1=O. The van der Waals surface area contributed by atoms with Crippen LogP contribution in [0.25, 0.3) is 0 Å². The molecule has 0 aromatic heterocycles. The third-order valence-electron chi connectivity index (χ3n) is 5.78. The summed E-state index contributed by atoms with van der Waals surface area (Å²) in [5.74, 6) is 0.769. The molecule has 2 heterocycles. The van der Waals surface area contributed by atoms with E-state index in [9.17, 15) is 9.59 Å². The van der Waals surface area contributed by atoms with Crippen LogP contribution < -0.4 is 10.7 Å². The first kappa shape index (κ1) is 15.4. The third-order valence-corrected chi connectivity index (χ3v) is 5.78. The molecule has 1 aromatic rings. The van der Waals surface area contributed by atoms with Gasteiger partial charge < -0.3 is 5.32 Å². The number of nitrogens with zero attached hydrogens (tertiary/aromatic N) is 1. The number of hydrogen-bond acceptors (Lipinski definition) is 3. The molecule has 1 aromatic carbocycles. The van der Waals surface area contributed by atoms with Gasteiger partial charge in [-0.25, -0.2) is 5.43 Å². The zero-order chi connectivity index (χ0) is 16.8. The number of hydrogen-bond donors (Lipinski definition) is 2. The molecule has 0 bridgehead atoms. The number of benzene rings is 1. The Kier molecular flexibility index (Phi) is 3.66. The molecule has 126 valence electrons. The average molecular weight is 325 g/mol. The first-order valence-corrected chi connectivity index (χ1v) is 8.87. The van der Waals surface area contributed by atoms with Gasteiger partial charge in [0.15, 0.2) is 0 Å². The van der Waals surface area contributed by atoms with E-state index in [1.807, 2.05) is 19.1 Å². The number of rotatable bonds is 1. The van der Waals surface area contributed by atoms with Crippen LogP contribution in [-0.2, 0) is 9.59 Å². The summed E-state index contributed by atoms with van der Waals surface area (Å²) in [6.45, 7) is 4.14. The van der Waals surface area contributed by atoms with Crippen molar-refractivity contribution < 1.29 is 9.59 Å². The van der Waals surface area contributed by atoms with Gasteiger partial charge in [0.25, 0.3) is 0 Å². The number of fused-ring (bicyclic) bond motifs is 2. The first-order chi connectivity index (χ1) is 11.5. The van der Waals surface area contributed by atoms with E-state index in [0.717, 1.165) is 42.6 Å². The van der Waals surface area contributed by atoms with Gasteiger partial charge in [-0.2, -0.15) is 5.10 Å². The molecule has 2 aliphatic heterocycles. The molecule has 0 spiro atoms. The Morgan fingerprint density at radius 2 is 1.83 bits per heavy atom. The summed E-state index contributed by atoms with van der Waals surface area (Å²) in [6, 6.07) is 6.16. The maximum Gasteiger partial charge on any atom is 0.243 e. The fourth-order valence-electron chi connectivity index (χ4n) is 4.42. The largest absolute Gasteiger partial charge is 0.326 e. The lowest BCUT2D eigenvalue weighted by atomic mass is 9.84. The van der Waals surface area contributed by atoms with E-state index in [1.54, 1.807) is 0 Å². The lowest BCUT2D eigenvalue weighted by Crippen LogP contribution is -2.39. The Balaban J connectivity index is 1.72. The fourth-order valence-corrected chi connectivity index (χ4v) is 4.42. The number of carbonyl (C=O) groups excluding carboxylic acids is 2. The molecule has 4 unspecified atom stereocenters. The molecule has 5 nitrogen and oxygen atoms in total. The lowest BCUT2D eigenvalue weighted by Gasteiger charge is -2.26. The van der Waals surface area contributed by atoms with Crippen molar-refractivity contribution in [1.82, 2.24) is 5.43 Å². The van der Waals surface area contributed by atoms with Crippen LogP contribution in [0.3, 0.4) is 0 Å². The quantitative estimate of drug-likeness (QED) is 0.833. The van der Waals surface area contributed by atoms with Crippen molar-refractivity contribution in [3.63, 3.8) is 0 Å². The number of nitrogens with one attached hydrogen (secondary N) is 2. The molecular weight excluding hydrogens is 302 g/mol. The molecule has 1 aliphatic carbocycles. The molecule has 0 saturated heterocycles. The smallest absolute Gasteiger partial charge is 0.243 e. The van der Waals surface area contributed by atoms with Gasteiger partial charge in [-0.05, 0) is 48.4 Å². The third kappa shape index (κ3) is 2.43. The summed E-state index contributed by atoms with van der Waals surface area (Å²) < 4.78 is 0. The van der Waals surface area contributed by atoms with E-state index in [1.165, 1.54) is 5.56 Å². The molecular formula is C19H23N3O2. The van der Waals surface area contributed by atoms with Crippen molar-refractivity contribution in [1.29, 1.82) is 0 Å². The number of amides is 2. The minimum Gasteiger partial charge on any atom is -0.326 e. The molecule has 2 amide bonds. The highest BCUT2D eigenvalue weighted by Gasteiger charge is 2.39. The van der Waals surface area contributed by atoms with E-state index in [4.69, 9.17) is 0 Å². The minimum atomic E-state index is 0.0152. The predicted octanol–water partition coefficient (Wildman–Crippen LogP) is 3.02. The highest BCUT2D eigenvalue weighted by molar-refractivity contribution is 6.07. The van der Waals surface area contributed by atoms with Crippen molar-refractivity contribution >= 4 is 23.2 Å². The summed E-state index contributed by atoms with van der Waals surface area (Å²) >= 11 is 0. The van der Waals surface area contributed by atoms with Crippen LogP contribution in [-0.4, -0.2) is 17.5 Å². The molecule has 24 heavy (non-hydrogen) atoms. The van der Waals surface area contributed by atoms with Crippen LogP contribution in [0.2, 0.25) is 0 Å². The predicted molar refractivity (Wildman–Crippen MR) is 92.8 cm³/mol. The topological polar surface area (TPSA) is 70.6 Å². The second-order valence-corrected chi connectivity index (χ2v) is 7.45. The monoisotopic (exact) mass is 325 g/mol. The minimum absolute atomic E-state index is 0.0152. The van der Waals surface area contributed by atoms with E-state index in [-0.39, 0.29) is 29.6 Å². The van der Waals surface area contributed by atoms with Gasteiger partial charge in [0.1, 0.15) is 0 Å². The molecule has 5 heteroatoms. The summed E-state index contributed by atoms with van der Waals surface area (Å²) in [5.41, 5.74) is 6.84. The van der Waals surface area contributed by atoms with Crippen LogP contribution in [0, 0.1) is 17.8 Å². The van der Waals surface area contributed by atoms with E-state index in [2.05, 4.69) is 28.8 Å². The van der Waals surface area contributed by atoms with Gasteiger partial charge in [0, 0.05) is 23.4 Å². The standard InChI is InChI=1S/C19H23N3O2/c1-10-8-11(2)18(23)20-16-7-6-12(9-15(10)16)17-13-4-3-5-14(13)19(24)22-21-17/h6-7,9-11,13-14H,3-5,8H2,1-2H3,(H,20,23)(H,22,24). The Bertz CT molecular complexity index is 740. The Labute approximate surface area is 141 Å². The van der Waals surface area contributed by atoms with Crippen LogP contribution >= 0.6 is 0 Å². The maximum atomic E-state index is 12.1. The molecule has 0 radical (unpaired) electrons. The summed E-state index contributed by atoms with van der Waals surface area (Å²) in [6.07, 6.45) is 3.90. The number of hydrazone groups is 1. The van der Waals surface area contributed by atoms with Crippen LogP contribution in [0.1, 0.15) is 56.6 Å². The average Bonchev–Trinajstić information content (AvgIpc) is 3.02. The van der Waals surface area contributed by atoms with Crippen molar-refractivity contribution in [2.45, 2.75) is 45.4 Å². The summed E-state index contributed by atoms with van der Waals surface area (Å²) in [5, 5.41) is 7.42. The van der Waals surface area contributed by atoms with Gasteiger partial charge in [-0.3, -0.25) is 9.59 Å². The van der Waals surface area contributed by atoms with Gasteiger partial charge in [0.05, 0.1) is 5.71 Å². The van der Waals surface area contributed by atoms with Gasteiger partial charge in [-0.15, -0.1) is 0 Å². The molecule has 4 atom stereocenters. The van der Waals surface area contributed by atoms with Crippen LogP contribution in [0.5, 0.6) is 0 Å². The molecule has 3 aliphatic rings. The van der Waals surface area contributed by atoms with Crippen molar-refractivity contribution in [2.24, 2.45) is 22.9 Å². The van der Waals surface area contributed by atoms with E-state index in [0.29, 0.717) is 5.92 Å². The van der Waals surface area contributed by atoms with Crippen LogP contribution in [0.15, 0.2) is 23.3 Å². The fraction of sp³-hybridized carbons (Fsp3) is 0.526. The summed E-state index contributed by atoms with van der Waals surface area (Å²) in [4.78, 5) is 24.1. The van der Waals surface area contributed by atoms with E-state index < -0.39 is 0 Å². The van der Waals surface area contributed by atoms with Gasteiger partial charge >= 0.3 is 0 Å². The maximum absolute atomic E-state index is 12.1. The van der Waals surface area contributed by atoms with Crippen molar-refractivity contribution in [3.8, 4) is 0 Å². The zero-order valence-electron chi connectivity index (χ0n) is 14.1. The highest BCUT2D eigenvalue weighted by Crippen LogP contribution is 2.39. The molecule has 1 saturated carbocycles. The molecule has 1 fully saturated rings. The highest BCUT2D eigenvalue weighted by atomic mass is 16.2.